The van der Waals surface area contributed by atoms with Gasteiger partial charge in [0, 0.05) is 0 Å². The number of aliphatic hydroxyl groups excluding tert-OH is 2. The molecule has 0 amide bonds. The van der Waals surface area contributed by atoms with E-state index in [1.54, 1.807) is 38.2 Å². The lowest BCUT2D eigenvalue weighted by Crippen LogP contribution is -1.86. The summed E-state index contributed by atoms with van der Waals surface area (Å²) in [4.78, 5) is 0. The maximum atomic E-state index is 9.36. The SMILES string of the molecule is C=CC(=C/C(O)=C\C)/C(=C\C)/C=C(\C)O. The first-order chi connectivity index (χ1) is 7.04. The molecule has 0 aromatic carbocycles. The van der Waals surface area contributed by atoms with Crippen LogP contribution >= 0.6 is 0 Å². The molecule has 82 valence electrons. The molecule has 2 N–H and O–H groups in total. The molecule has 0 spiro atoms. The first kappa shape index (κ1) is 13.3. The van der Waals surface area contributed by atoms with Gasteiger partial charge in [-0.25, -0.2) is 0 Å². The molecule has 0 heterocycles. The second-order valence-corrected chi connectivity index (χ2v) is 3.05. The quantitative estimate of drug-likeness (QED) is 0.539. The molecular formula is C13H18O2. The molecule has 0 radical (unpaired) electrons. The summed E-state index contributed by atoms with van der Waals surface area (Å²) in [6, 6.07) is 0. The number of hydrogen-bond donors (Lipinski definition) is 2. The molecule has 0 aliphatic carbocycles. The van der Waals surface area contributed by atoms with E-state index in [4.69, 9.17) is 0 Å². The highest BCUT2D eigenvalue weighted by molar-refractivity contribution is 5.48. The van der Waals surface area contributed by atoms with Crippen LogP contribution in [0.3, 0.4) is 0 Å². The highest BCUT2D eigenvalue weighted by Gasteiger charge is 1.99. The second-order valence-electron chi connectivity index (χ2n) is 3.05. The van der Waals surface area contributed by atoms with Gasteiger partial charge in [-0.3, -0.25) is 0 Å². The molecule has 0 aromatic heterocycles. The molecule has 0 rings (SSSR count). The van der Waals surface area contributed by atoms with E-state index in [1.165, 1.54) is 0 Å². The average Bonchev–Trinajstić information content (AvgIpc) is 2.22. The van der Waals surface area contributed by atoms with Gasteiger partial charge in [0.25, 0.3) is 0 Å². The summed E-state index contributed by atoms with van der Waals surface area (Å²) in [6.07, 6.45) is 8.29. The third kappa shape index (κ3) is 4.91. The Bertz CT molecular complexity index is 338. The standard InChI is InChI=1S/C13H18O2/c1-5-11(8-10(4)14)12(6-2)9-13(15)7-3/h5-9,14-15H,2H2,1,3-4H3/b10-8+,11-5-,12-9-,13-7+. The summed E-state index contributed by atoms with van der Waals surface area (Å²) in [7, 11) is 0. The first-order valence-corrected chi connectivity index (χ1v) is 4.78. The van der Waals surface area contributed by atoms with Crippen LogP contribution in [0.15, 0.2) is 59.6 Å². The van der Waals surface area contributed by atoms with Crippen LogP contribution in [0.2, 0.25) is 0 Å². The Labute approximate surface area is 91.3 Å². The molecule has 0 saturated heterocycles. The van der Waals surface area contributed by atoms with Crippen molar-refractivity contribution in [1.82, 2.24) is 0 Å². The fourth-order valence-electron chi connectivity index (χ4n) is 1.06. The Morgan fingerprint density at radius 3 is 1.93 bits per heavy atom. The zero-order chi connectivity index (χ0) is 11.8. The summed E-state index contributed by atoms with van der Waals surface area (Å²) >= 11 is 0. The fourth-order valence-corrected chi connectivity index (χ4v) is 1.06. The normalized spacial score (nSPS) is 15.4. The Morgan fingerprint density at radius 2 is 1.60 bits per heavy atom. The Balaban J connectivity index is 5.21. The number of allylic oxidation sites excluding steroid dienone is 8. The van der Waals surface area contributed by atoms with Crippen LogP contribution < -0.4 is 0 Å². The first-order valence-electron chi connectivity index (χ1n) is 4.78. The zero-order valence-corrected chi connectivity index (χ0v) is 9.49. The minimum atomic E-state index is 0.174. The van der Waals surface area contributed by atoms with E-state index in [-0.39, 0.29) is 11.5 Å². The molecule has 0 bridgehead atoms. The number of aliphatic hydroxyl groups is 2. The van der Waals surface area contributed by atoms with Crippen LogP contribution in [0.1, 0.15) is 20.8 Å². The molecule has 0 fully saturated rings. The van der Waals surface area contributed by atoms with Gasteiger partial charge >= 0.3 is 0 Å². The third-order valence-corrected chi connectivity index (χ3v) is 1.83. The Morgan fingerprint density at radius 1 is 1.00 bits per heavy atom. The Kier molecular flexibility index (Phi) is 5.95. The summed E-state index contributed by atoms with van der Waals surface area (Å²) in [5.41, 5.74) is 1.58. The Hall–Kier alpha value is -1.70. The van der Waals surface area contributed by atoms with E-state index in [1.807, 2.05) is 13.0 Å². The maximum Gasteiger partial charge on any atom is 0.111 e. The molecule has 0 atom stereocenters. The van der Waals surface area contributed by atoms with Crippen molar-refractivity contribution < 1.29 is 10.2 Å². The summed E-state index contributed by atoms with van der Waals surface area (Å²) in [5, 5.41) is 18.5. The van der Waals surface area contributed by atoms with Crippen molar-refractivity contribution >= 4 is 0 Å². The van der Waals surface area contributed by atoms with Crippen LogP contribution in [0, 0.1) is 0 Å². The van der Waals surface area contributed by atoms with Crippen molar-refractivity contribution in [3.63, 3.8) is 0 Å². The molecule has 15 heavy (non-hydrogen) atoms. The predicted molar refractivity (Wildman–Crippen MR) is 64.8 cm³/mol. The van der Waals surface area contributed by atoms with Gasteiger partial charge in [0.2, 0.25) is 0 Å². The molecular weight excluding hydrogens is 188 g/mol. The summed E-state index contributed by atoms with van der Waals surface area (Å²) < 4.78 is 0. The van der Waals surface area contributed by atoms with Crippen molar-refractivity contribution in [3.05, 3.63) is 59.6 Å². The molecule has 0 aromatic rings. The second kappa shape index (κ2) is 6.71. The van der Waals surface area contributed by atoms with Gasteiger partial charge < -0.3 is 10.2 Å². The lowest BCUT2D eigenvalue weighted by Gasteiger charge is -2.03. The van der Waals surface area contributed by atoms with Gasteiger partial charge in [0.1, 0.15) is 5.76 Å². The highest BCUT2D eigenvalue weighted by Crippen LogP contribution is 2.15. The van der Waals surface area contributed by atoms with Crippen LogP contribution in [-0.4, -0.2) is 10.2 Å². The zero-order valence-electron chi connectivity index (χ0n) is 9.49. The van der Waals surface area contributed by atoms with Gasteiger partial charge in [-0.2, -0.15) is 0 Å². The molecule has 2 heteroatoms. The van der Waals surface area contributed by atoms with Crippen LogP contribution in [-0.2, 0) is 0 Å². The molecule has 0 aliphatic rings. The van der Waals surface area contributed by atoms with E-state index >= 15 is 0 Å². The van der Waals surface area contributed by atoms with Crippen LogP contribution in [0.4, 0.5) is 0 Å². The van der Waals surface area contributed by atoms with E-state index in [2.05, 4.69) is 6.58 Å². The predicted octanol–water partition coefficient (Wildman–Crippen LogP) is 3.97. The van der Waals surface area contributed by atoms with E-state index in [9.17, 15) is 10.2 Å². The van der Waals surface area contributed by atoms with Crippen LogP contribution in [0.5, 0.6) is 0 Å². The van der Waals surface area contributed by atoms with Crippen molar-refractivity contribution in [2.75, 3.05) is 0 Å². The van der Waals surface area contributed by atoms with Crippen molar-refractivity contribution in [2.45, 2.75) is 20.8 Å². The minimum Gasteiger partial charge on any atom is -0.513 e. The summed E-state index contributed by atoms with van der Waals surface area (Å²) in [6.45, 7) is 8.87. The molecule has 0 aliphatic heterocycles. The van der Waals surface area contributed by atoms with E-state index in [0.29, 0.717) is 0 Å². The third-order valence-electron chi connectivity index (χ3n) is 1.83. The largest absolute Gasteiger partial charge is 0.513 e. The van der Waals surface area contributed by atoms with Gasteiger partial charge in [0.05, 0.1) is 5.76 Å². The average molecular weight is 206 g/mol. The van der Waals surface area contributed by atoms with Crippen molar-refractivity contribution in [1.29, 1.82) is 0 Å². The van der Waals surface area contributed by atoms with Gasteiger partial charge in [-0.05, 0) is 50.1 Å². The smallest absolute Gasteiger partial charge is 0.111 e. The van der Waals surface area contributed by atoms with E-state index in [0.717, 1.165) is 11.1 Å². The molecule has 0 saturated carbocycles. The van der Waals surface area contributed by atoms with Crippen molar-refractivity contribution in [3.8, 4) is 0 Å². The number of hydrogen-bond acceptors (Lipinski definition) is 2. The maximum absolute atomic E-state index is 9.36. The topological polar surface area (TPSA) is 40.5 Å². The monoisotopic (exact) mass is 206 g/mol. The van der Waals surface area contributed by atoms with Gasteiger partial charge in [-0.1, -0.05) is 18.7 Å². The summed E-state index contributed by atoms with van der Waals surface area (Å²) in [5.74, 6) is 0.393. The van der Waals surface area contributed by atoms with Gasteiger partial charge in [0.15, 0.2) is 0 Å². The number of rotatable bonds is 4. The highest BCUT2D eigenvalue weighted by atomic mass is 16.3. The lowest BCUT2D eigenvalue weighted by atomic mass is 10.0. The minimum absolute atomic E-state index is 0.174. The van der Waals surface area contributed by atoms with Gasteiger partial charge in [-0.15, -0.1) is 0 Å². The molecule has 0 unspecified atom stereocenters. The fraction of sp³-hybridized carbons (Fsp3) is 0.231. The van der Waals surface area contributed by atoms with Crippen LogP contribution in [0.25, 0.3) is 0 Å². The van der Waals surface area contributed by atoms with E-state index < -0.39 is 0 Å². The molecule has 2 nitrogen and oxygen atoms in total. The van der Waals surface area contributed by atoms with Crippen molar-refractivity contribution in [2.24, 2.45) is 0 Å². The lowest BCUT2D eigenvalue weighted by molar-refractivity contribution is 0.414.